The lowest BCUT2D eigenvalue weighted by Crippen LogP contribution is -2.22. The van der Waals surface area contributed by atoms with E-state index in [1.165, 1.54) is 0 Å². The molecule has 0 atom stereocenters. The Hall–Kier alpha value is -1.27. The van der Waals surface area contributed by atoms with Crippen molar-refractivity contribution in [3.8, 4) is 5.75 Å². The first-order valence-corrected chi connectivity index (χ1v) is 6.50. The maximum atomic E-state index is 10.7. The van der Waals surface area contributed by atoms with Crippen LogP contribution < -0.4 is 14.2 Å². The molecule has 6 heteroatoms. The van der Waals surface area contributed by atoms with Crippen molar-refractivity contribution in [2.45, 2.75) is 13.8 Å². The van der Waals surface area contributed by atoms with Crippen LogP contribution >= 0.6 is 0 Å². The molecule has 0 amide bonds. The standard InChI is InChI=1S/C10H16N2O3S/c1-3-12(4-2)9-5-7-10(8-6-9)15-16(11,13)14/h5-8H,3-4H2,1-2H3,(H2,11,13,14). The van der Waals surface area contributed by atoms with Crippen LogP contribution in [-0.2, 0) is 10.3 Å². The van der Waals surface area contributed by atoms with E-state index in [-0.39, 0.29) is 5.75 Å². The zero-order valence-corrected chi connectivity index (χ0v) is 10.2. The van der Waals surface area contributed by atoms with Crippen LogP contribution in [0.1, 0.15) is 13.8 Å². The second-order valence-corrected chi connectivity index (χ2v) is 4.39. The van der Waals surface area contributed by atoms with E-state index in [2.05, 4.69) is 22.9 Å². The van der Waals surface area contributed by atoms with Gasteiger partial charge in [-0.15, -0.1) is 0 Å². The lowest BCUT2D eigenvalue weighted by molar-refractivity contribution is 0.488. The summed E-state index contributed by atoms with van der Waals surface area (Å²) in [5.41, 5.74) is 1.02. The quantitative estimate of drug-likeness (QED) is 0.842. The van der Waals surface area contributed by atoms with E-state index in [0.29, 0.717) is 0 Å². The Kier molecular flexibility index (Phi) is 4.14. The summed E-state index contributed by atoms with van der Waals surface area (Å²) in [5, 5.41) is 4.76. The van der Waals surface area contributed by atoms with Gasteiger partial charge in [0.05, 0.1) is 0 Å². The first-order valence-electron chi connectivity index (χ1n) is 5.03. The van der Waals surface area contributed by atoms with Crippen LogP contribution in [0.5, 0.6) is 5.75 Å². The molecule has 0 radical (unpaired) electrons. The van der Waals surface area contributed by atoms with Crippen molar-refractivity contribution in [3.05, 3.63) is 24.3 Å². The van der Waals surface area contributed by atoms with E-state index in [0.717, 1.165) is 18.8 Å². The third-order valence-corrected chi connectivity index (χ3v) is 2.60. The minimum atomic E-state index is -3.94. The summed E-state index contributed by atoms with van der Waals surface area (Å²) in [4.78, 5) is 2.14. The maximum Gasteiger partial charge on any atom is 0.380 e. The van der Waals surface area contributed by atoms with Gasteiger partial charge in [0, 0.05) is 18.8 Å². The second kappa shape index (κ2) is 5.18. The van der Waals surface area contributed by atoms with Gasteiger partial charge in [0.15, 0.2) is 0 Å². The minimum absolute atomic E-state index is 0.221. The summed E-state index contributed by atoms with van der Waals surface area (Å²) in [6, 6.07) is 6.76. The van der Waals surface area contributed by atoms with Crippen LogP contribution in [0.15, 0.2) is 24.3 Å². The van der Waals surface area contributed by atoms with Crippen LogP contribution in [0, 0.1) is 0 Å². The molecule has 1 aromatic carbocycles. The molecular weight excluding hydrogens is 228 g/mol. The summed E-state index contributed by atoms with van der Waals surface area (Å²) in [6.07, 6.45) is 0. The Morgan fingerprint density at radius 2 is 1.69 bits per heavy atom. The monoisotopic (exact) mass is 244 g/mol. The van der Waals surface area contributed by atoms with Crippen molar-refractivity contribution in [2.24, 2.45) is 5.14 Å². The molecule has 16 heavy (non-hydrogen) atoms. The fourth-order valence-corrected chi connectivity index (χ4v) is 1.81. The fourth-order valence-electron chi connectivity index (χ4n) is 1.44. The zero-order chi connectivity index (χ0) is 12.2. The zero-order valence-electron chi connectivity index (χ0n) is 9.38. The van der Waals surface area contributed by atoms with Crippen LogP contribution in [0.4, 0.5) is 5.69 Å². The molecule has 0 saturated carbocycles. The van der Waals surface area contributed by atoms with E-state index in [9.17, 15) is 8.42 Å². The highest BCUT2D eigenvalue weighted by Gasteiger charge is 2.06. The Balaban J connectivity index is 2.82. The Morgan fingerprint density at radius 3 is 2.06 bits per heavy atom. The van der Waals surface area contributed by atoms with Gasteiger partial charge in [0.2, 0.25) is 0 Å². The van der Waals surface area contributed by atoms with Gasteiger partial charge in [0.1, 0.15) is 5.75 Å². The topological polar surface area (TPSA) is 72.6 Å². The van der Waals surface area contributed by atoms with Gasteiger partial charge >= 0.3 is 10.3 Å². The van der Waals surface area contributed by atoms with Crippen LogP contribution in [0.3, 0.4) is 0 Å². The summed E-state index contributed by atoms with van der Waals surface area (Å²) >= 11 is 0. The third kappa shape index (κ3) is 3.71. The highest BCUT2D eigenvalue weighted by atomic mass is 32.2. The first kappa shape index (κ1) is 12.8. The summed E-state index contributed by atoms with van der Waals surface area (Å²) in [6.45, 7) is 5.90. The van der Waals surface area contributed by atoms with Crippen molar-refractivity contribution in [2.75, 3.05) is 18.0 Å². The Bertz CT molecular complexity index is 424. The smallest absolute Gasteiger partial charge is 0.372 e. The molecule has 90 valence electrons. The number of nitrogens with zero attached hydrogens (tertiary/aromatic N) is 1. The third-order valence-electron chi connectivity index (χ3n) is 2.18. The van der Waals surface area contributed by atoms with Gasteiger partial charge in [0.25, 0.3) is 0 Å². The molecular formula is C10H16N2O3S. The summed E-state index contributed by atoms with van der Waals surface area (Å²) in [7, 11) is -3.94. The van der Waals surface area contributed by atoms with Gasteiger partial charge in [-0.2, -0.15) is 13.6 Å². The molecule has 1 aromatic rings. The van der Waals surface area contributed by atoms with Gasteiger partial charge in [-0.3, -0.25) is 0 Å². The highest BCUT2D eigenvalue weighted by Crippen LogP contribution is 2.19. The Labute approximate surface area is 96.1 Å². The fraction of sp³-hybridized carbons (Fsp3) is 0.400. The SMILES string of the molecule is CCN(CC)c1ccc(OS(N)(=O)=O)cc1. The van der Waals surface area contributed by atoms with Crippen LogP contribution in [-0.4, -0.2) is 21.5 Å². The van der Waals surface area contributed by atoms with E-state index in [1.54, 1.807) is 24.3 Å². The van der Waals surface area contributed by atoms with Gasteiger partial charge < -0.3 is 9.08 Å². The molecule has 5 nitrogen and oxygen atoms in total. The summed E-state index contributed by atoms with van der Waals surface area (Å²) < 4.78 is 25.9. The van der Waals surface area contributed by atoms with Crippen molar-refractivity contribution in [1.82, 2.24) is 0 Å². The number of anilines is 1. The van der Waals surface area contributed by atoms with Crippen LogP contribution in [0.25, 0.3) is 0 Å². The minimum Gasteiger partial charge on any atom is -0.372 e. The van der Waals surface area contributed by atoms with Gasteiger partial charge in [-0.25, -0.2) is 0 Å². The average Bonchev–Trinajstić information content (AvgIpc) is 2.20. The molecule has 0 saturated heterocycles. The summed E-state index contributed by atoms with van der Waals surface area (Å²) in [5.74, 6) is 0.221. The van der Waals surface area contributed by atoms with Crippen molar-refractivity contribution >= 4 is 16.0 Å². The van der Waals surface area contributed by atoms with E-state index < -0.39 is 10.3 Å². The second-order valence-electron chi connectivity index (χ2n) is 3.24. The predicted molar refractivity (Wildman–Crippen MR) is 63.7 cm³/mol. The Morgan fingerprint density at radius 1 is 1.19 bits per heavy atom. The number of nitrogens with two attached hydrogens (primary N) is 1. The van der Waals surface area contributed by atoms with E-state index >= 15 is 0 Å². The molecule has 0 heterocycles. The molecule has 0 bridgehead atoms. The molecule has 0 aliphatic heterocycles. The molecule has 0 aromatic heterocycles. The lowest BCUT2D eigenvalue weighted by Gasteiger charge is -2.20. The van der Waals surface area contributed by atoms with Crippen molar-refractivity contribution < 1.29 is 12.6 Å². The molecule has 1 rings (SSSR count). The van der Waals surface area contributed by atoms with Gasteiger partial charge in [-0.05, 0) is 38.1 Å². The molecule has 0 unspecified atom stereocenters. The van der Waals surface area contributed by atoms with Crippen molar-refractivity contribution in [1.29, 1.82) is 0 Å². The number of rotatable bonds is 5. The number of benzene rings is 1. The largest absolute Gasteiger partial charge is 0.380 e. The normalized spacial score (nSPS) is 11.2. The van der Waals surface area contributed by atoms with Crippen LogP contribution in [0.2, 0.25) is 0 Å². The van der Waals surface area contributed by atoms with E-state index in [4.69, 9.17) is 5.14 Å². The predicted octanol–water partition coefficient (Wildman–Crippen LogP) is 1.12. The average molecular weight is 244 g/mol. The first-order chi connectivity index (χ1) is 7.46. The van der Waals surface area contributed by atoms with E-state index in [1.807, 2.05) is 0 Å². The van der Waals surface area contributed by atoms with Crippen molar-refractivity contribution in [3.63, 3.8) is 0 Å². The lowest BCUT2D eigenvalue weighted by atomic mass is 10.2. The molecule has 0 aliphatic rings. The molecule has 0 aliphatic carbocycles. The molecule has 2 N–H and O–H groups in total. The number of hydrogen-bond donors (Lipinski definition) is 1. The number of hydrogen-bond acceptors (Lipinski definition) is 4. The molecule has 0 spiro atoms. The van der Waals surface area contributed by atoms with Gasteiger partial charge in [-0.1, -0.05) is 0 Å². The highest BCUT2D eigenvalue weighted by molar-refractivity contribution is 7.84. The molecule has 0 fully saturated rings. The maximum absolute atomic E-state index is 10.7.